The Morgan fingerprint density at radius 1 is 0.905 bits per heavy atom. The molecule has 3 rings (SSSR count). The highest BCUT2D eigenvalue weighted by Gasteiger charge is 2.00. The van der Waals surface area contributed by atoms with Crippen LogP contribution in [-0.4, -0.2) is 5.16 Å². The molecule has 0 aliphatic rings. The van der Waals surface area contributed by atoms with Gasteiger partial charge in [-0.15, -0.1) is 0 Å². The summed E-state index contributed by atoms with van der Waals surface area (Å²) in [5.41, 5.74) is 4.69. The predicted octanol–water partition coefficient (Wildman–Crippen LogP) is 3.94. The summed E-state index contributed by atoms with van der Waals surface area (Å²) in [6.07, 6.45) is 0. The van der Waals surface area contributed by atoms with Crippen molar-refractivity contribution in [1.82, 2.24) is 10.5 Å². The van der Waals surface area contributed by atoms with Gasteiger partial charge in [-0.05, 0) is 23.6 Å². The van der Waals surface area contributed by atoms with Crippen LogP contribution in [0, 0.1) is 6.92 Å². The topological polar surface area (TPSA) is 38.1 Å². The minimum atomic E-state index is 0.720. The van der Waals surface area contributed by atoms with Crippen molar-refractivity contribution in [2.24, 2.45) is 0 Å². The minimum absolute atomic E-state index is 0.720. The Morgan fingerprint density at radius 3 is 2.29 bits per heavy atom. The lowest BCUT2D eigenvalue weighted by Crippen LogP contribution is -2.12. The zero-order chi connectivity index (χ0) is 14.5. The van der Waals surface area contributed by atoms with E-state index in [1.807, 2.05) is 19.1 Å². The Bertz CT molecular complexity index is 687. The van der Waals surface area contributed by atoms with Crippen molar-refractivity contribution in [3.63, 3.8) is 0 Å². The van der Waals surface area contributed by atoms with Crippen molar-refractivity contribution in [2.75, 3.05) is 0 Å². The molecule has 0 fully saturated rings. The van der Waals surface area contributed by atoms with E-state index in [0.29, 0.717) is 0 Å². The Hall–Kier alpha value is -2.39. The average molecular weight is 278 g/mol. The number of nitrogens with zero attached hydrogens (tertiary/aromatic N) is 1. The van der Waals surface area contributed by atoms with Crippen molar-refractivity contribution >= 4 is 0 Å². The molecule has 2 aromatic carbocycles. The molecular formula is C18H18N2O. The van der Waals surface area contributed by atoms with E-state index in [9.17, 15) is 0 Å². The van der Waals surface area contributed by atoms with Gasteiger partial charge in [0, 0.05) is 19.2 Å². The van der Waals surface area contributed by atoms with Gasteiger partial charge in [0.25, 0.3) is 0 Å². The van der Waals surface area contributed by atoms with Crippen LogP contribution in [0.3, 0.4) is 0 Å². The van der Waals surface area contributed by atoms with Gasteiger partial charge < -0.3 is 9.84 Å². The van der Waals surface area contributed by atoms with E-state index < -0.39 is 0 Å². The number of hydrogen-bond acceptors (Lipinski definition) is 3. The molecule has 0 amide bonds. The van der Waals surface area contributed by atoms with Crippen molar-refractivity contribution in [2.45, 2.75) is 20.0 Å². The van der Waals surface area contributed by atoms with E-state index >= 15 is 0 Å². The maximum Gasteiger partial charge on any atom is 0.133 e. The van der Waals surface area contributed by atoms with Crippen molar-refractivity contribution < 1.29 is 4.52 Å². The lowest BCUT2D eigenvalue weighted by atomic mass is 10.0. The standard InChI is InChI=1S/C18H18N2O/c1-14-11-18(20-21-14)13-19-12-15-7-9-17(10-8-15)16-5-3-2-4-6-16/h2-11,19H,12-13H2,1H3. The molecule has 0 spiro atoms. The lowest BCUT2D eigenvalue weighted by Gasteiger charge is -2.05. The summed E-state index contributed by atoms with van der Waals surface area (Å²) in [5, 5.41) is 7.33. The molecular weight excluding hydrogens is 260 g/mol. The molecule has 0 unspecified atom stereocenters. The Balaban J connectivity index is 1.57. The first-order valence-electron chi connectivity index (χ1n) is 7.08. The molecule has 0 saturated heterocycles. The monoisotopic (exact) mass is 278 g/mol. The highest BCUT2D eigenvalue weighted by Crippen LogP contribution is 2.19. The van der Waals surface area contributed by atoms with Gasteiger partial charge in [-0.25, -0.2) is 0 Å². The van der Waals surface area contributed by atoms with E-state index in [1.165, 1.54) is 16.7 Å². The van der Waals surface area contributed by atoms with E-state index in [1.54, 1.807) is 0 Å². The first-order valence-corrected chi connectivity index (χ1v) is 7.08. The van der Waals surface area contributed by atoms with E-state index in [-0.39, 0.29) is 0 Å². The minimum Gasteiger partial charge on any atom is -0.361 e. The molecule has 3 aromatic rings. The van der Waals surface area contributed by atoms with Gasteiger partial charge in [-0.2, -0.15) is 0 Å². The molecule has 0 aliphatic heterocycles. The van der Waals surface area contributed by atoms with Crippen LogP contribution < -0.4 is 5.32 Å². The van der Waals surface area contributed by atoms with Gasteiger partial charge in [-0.3, -0.25) is 0 Å². The molecule has 0 radical (unpaired) electrons. The largest absolute Gasteiger partial charge is 0.361 e. The zero-order valence-electron chi connectivity index (χ0n) is 12.0. The number of rotatable bonds is 5. The van der Waals surface area contributed by atoms with E-state index in [4.69, 9.17) is 4.52 Å². The van der Waals surface area contributed by atoms with Crippen LogP contribution in [0.25, 0.3) is 11.1 Å². The van der Waals surface area contributed by atoms with Gasteiger partial charge in [-0.1, -0.05) is 59.8 Å². The molecule has 1 N–H and O–H groups in total. The Labute approximate surface area is 124 Å². The van der Waals surface area contributed by atoms with Gasteiger partial charge >= 0.3 is 0 Å². The van der Waals surface area contributed by atoms with Crippen LogP contribution in [0.2, 0.25) is 0 Å². The molecule has 106 valence electrons. The second-order valence-corrected chi connectivity index (χ2v) is 5.10. The SMILES string of the molecule is Cc1cc(CNCc2ccc(-c3ccccc3)cc2)no1. The third-order valence-corrected chi connectivity index (χ3v) is 3.37. The molecule has 0 aliphatic carbocycles. The Kier molecular flexibility index (Phi) is 4.12. The third kappa shape index (κ3) is 3.58. The fourth-order valence-electron chi connectivity index (χ4n) is 2.28. The summed E-state index contributed by atoms with van der Waals surface area (Å²) < 4.78 is 5.04. The molecule has 0 bridgehead atoms. The number of aryl methyl sites for hydroxylation is 1. The van der Waals surface area contributed by atoms with Gasteiger partial charge in [0.15, 0.2) is 0 Å². The summed E-state index contributed by atoms with van der Waals surface area (Å²) in [6, 6.07) is 21.0. The molecule has 1 heterocycles. The average Bonchev–Trinajstić information content (AvgIpc) is 2.94. The predicted molar refractivity (Wildman–Crippen MR) is 83.7 cm³/mol. The van der Waals surface area contributed by atoms with Crippen LogP contribution in [0.15, 0.2) is 65.2 Å². The van der Waals surface area contributed by atoms with Gasteiger partial charge in [0.1, 0.15) is 5.76 Å². The van der Waals surface area contributed by atoms with E-state index in [2.05, 4.69) is 59.0 Å². The molecule has 0 atom stereocenters. The second kappa shape index (κ2) is 6.37. The van der Waals surface area contributed by atoms with Crippen LogP contribution in [0.1, 0.15) is 17.0 Å². The first-order chi connectivity index (χ1) is 10.3. The normalized spacial score (nSPS) is 10.7. The van der Waals surface area contributed by atoms with Crippen LogP contribution in [0.4, 0.5) is 0 Å². The highest BCUT2D eigenvalue weighted by atomic mass is 16.5. The second-order valence-electron chi connectivity index (χ2n) is 5.10. The summed E-state index contributed by atoms with van der Waals surface area (Å²) in [7, 11) is 0. The first kappa shape index (κ1) is 13.6. The molecule has 3 heteroatoms. The highest BCUT2D eigenvalue weighted by molar-refractivity contribution is 5.63. The quantitative estimate of drug-likeness (QED) is 0.768. The molecule has 21 heavy (non-hydrogen) atoms. The number of benzene rings is 2. The zero-order valence-corrected chi connectivity index (χ0v) is 12.0. The van der Waals surface area contributed by atoms with Crippen LogP contribution in [-0.2, 0) is 13.1 Å². The maximum atomic E-state index is 5.04. The number of nitrogens with one attached hydrogen (secondary N) is 1. The molecule has 3 nitrogen and oxygen atoms in total. The molecule has 1 aromatic heterocycles. The van der Waals surface area contributed by atoms with Crippen LogP contribution in [0.5, 0.6) is 0 Å². The fourth-order valence-corrected chi connectivity index (χ4v) is 2.28. The summed E-state index contributed by atoms with van der Waals surface area (Å²) in [5.74, 6) is 0.846. The summed E-state index contributed by atoms with van der Waals surface area (Å²) in [6.45, 7) is 3.44. The molecule has 0 saturated carbocycles. The number of aromatic nitrogens is 1. The van der Waals surface area contributed by atoms with Gasteiger partial charge in [0.05, 0.1) is 5.69 Å². The van der Waals surface area contributed by atoms with Gasteiger partial charge in [0.2, 0.25) is 0 Å². The Morgan fingerprint density at radius 2 is 1.62 bits per heavy atom. The number of hydrogen-bond donors (Lipinski definition) is 1. The third-order valence-electron chi connectivity index (χ3n) is 3.37. The fraction of sp³-hybridized carbons (Fsp3) is 0.167. The van der Waals surface area contributed by atoms with E-state index in [0.717, 1.165) is 24.5 Å². The summed E-state index contributed by atoms with van der Waals surface area (Å²) >= 11 is 0. The van der Waals surface area contributed by atoms with Crippen molar-refractivity contribution in [3.8, 4) is 11.1 Å². The van der Waals surface area contributed by atoms with Crippen molar-refractivity contribution in [1.29, 1.82) is 0 Å². The smallest absolute Gasteiger partial charge is 0.133 e. The van der Waals surface area contributed by atoms with Crippen molar-refractivity contribution in [3.05, 3.63) is 77.7 Å². The summed E-state index contributed by atoms with van der Waals surface area (Å²) in [4.78, 5) is 0. The maximum absolute atomic E-state index is 5.04. The lowest BCUT2D eigenvalue weighted by molar-refractivity contribution is 0.388. The van der Waals surface area contributed by atoms with Crippen LogP contribution >= 0.6 is 0 Å².